The van der Waals surface area contributed by atoms with Gasteiger partial charge < -0.3 is 10.0 Å². The molecule has 2 atom stereocenters. The van der Waals surface area contributed by atoms with Crippen LogP contribution >= 0.6 is 0 Å². The van der Waals surface area contributed by atoms with Gasteiger partial charge in [-0.3, -0.25) is 0 Å². The molecule has 0 saturated heterocycles. The van der Waals surface area contributed by atoms with Gasteiger partial charge in [0.15, 0.2) is 0 Å². The van der Waals surface area contributed by atoms with Crippen molar-refractivity contribution in [1.82, 2.24) is 0 Å². The van der Waals surface area contributed by atoms with Gasteiger partial charge in [0, 0.05) is 0 Å². The molecule has 76 valence electrons. The molecule has 4 nitrogen and oxygen atoms in total. The molecular formula is C8H13NaO4S. The Hall–Kier alpha value is 0.350. The molecular weight excluding hydrogens is 215 g/mol. The SMILES string of the molecule is CC1C=CC=CC1(C)S(=O)(=O)[O-].O.[Na+]. The quantitative estimate of drug-likeness (QED) is 0.359. The van der Waals surface area contributed by atoms with Gasteiger partial charge in [0.05, 0.1) is 4.75 Å². The van der Waals surface area contributed by atoms with Crippen LogP contribution in [-0.2, 0) is 10.1 Å². The fourth-order valence-corrected chi connectivity index (χ4v) is 1.91. The second-order valence-corrected chi connectivity index (χ2v) is 4.96. The van der Waals surface area contributed by atoms with E-state index in [1.165, 1.54) is 13.0 Å². The maximum atomic E-state index is 10.9. The molecule has 0 radical (unpaired) electrons. The Balaban J connectivity index is 0. The Bertz CT molecular complexity index is 333. The van der Waals surface area contributed by atoms with Gasteiger partial charge in [0.2, 0.25) is 0 Å². The minimum atomic E-state index is -4.26. The van der Waals surface area contributed by atoms with Gasteiger partial charge in [-0.25, -0.2) is 8.42 Å². The van der Waals surface area contributed by atoms with Gasteiger partial charge in [-0.2, -0.15) is 0 Å². The van der Waals surface area contributed by atoms with Crippen molar-refractivity contribution >= 4 is 10.1 Å². The van der Waals surface area contributed by atoms with Crippen LogP contribution in [0.3, 0.4) is 0 Å². The van der Waals surface area contributed by atoms with Crippen LogP contribution in [0.4, 0.5) is 0 Å². The predicted octanol–water partition coefficient (Wildman–Crippen LogP) is -2.77. The van der Waals surface area contributed by atoms with Crippen molar-refractivity contribution < 1.29 is 48.0 Å². The molecule has 14 heavy (non-hydrogen) atoms. The molecule has 0 bridgehead atoms. The first kappa shape index (κ1) is 16.8. The second kappa shape index (κ2) is 5.44. The summed E-state index contributed by atoms with van der Waals surface area (Å²) >= 11 is 0. The molecule has 2 N–H and O–H groups in total. The van der Waals surface area contributed by atoms with Crippen LogP contribution in [0.15, 0.2) is 24.3 Å². The Kier molecular flexibility index (Phi) is 6.51. The molecule has 0 aromatic heterocycles. The van der Waals surface area contributed by atoms with Crippen LogP contribution in [0.5, 0.6) is 0 Å². The molecule has 0 amide bonds. The second-order valence-electron chi connectivity index (χ2n) is 3.17. The summed E-state index contributed by atoms with van der Waals surface area (Å²) in [5, 5.41) is 0. The molecule has 2 unspecified atom stereocenters. The third kappa shape index (κ3) is 2.92. The molecule has 0 spiro atoms. The fraction of sp³-hybridized carbons (Fsp3) is 0.500. The van der Waals surface area contributed by atoms with E-state index in [4.69, 9.17) is 0 Å². The Morgan fingerprint density at radius 2 is 1.86 bits per heavy atom. The van der Waals surface area contributed by atoms with E-state index in [-0.39, 0.29) is 41.0 Å². The first-order valence-electron chi connectivity index (χ1n) is 3.69. The molecule has 0 aromatic carbocycles. The first-order valence-corrected chi connectivity index (χ1v) is 5.10. The van der Waals surface area contributed by atoms with E-state index in [2.05, 4.69) is 0 Å². The van der Waals surface area contributed by atoms with E-state index in [0.717, 1.165) is 0 Å². The number of rotatable bonds is 1. The number of hydrogen-bond donors (Lipinski definition) is 0. The molecule has 0 aliphatic heterocycles. The van der Waals surface area contributed by atoms with Crippen LogP contribution in [0.25, 0.3) is 0 Å². The van der Waals surface area contributed by atoms with E-state index in [1.54, 1.807) is 25.2 Å². The normalized spacial score (nSPS) is 30.4. The Morgan fingerprint density at radius 3 is 2.14 bits per heavy atom. The fourth-order valence-electron chi connectivity index (χ4n) is 1.13. The van der Waals surface area contributed by atoms with Crippen LogP contribution in [-0.4, -0.2) is 23.2 Å². The van der Waals surface area contributed by atoms with Crippen LogP contribution < -0.4 is 29.6 Å². The zero-order valence-corrected chi connectivity index (χ0v) is 11.3. The van der Waals surface area contributed by atoms with Gasteiger partial charge in [0.25, 0.3) is 0 Å². The summed E-state index contributed by atoms with van der Waals surface area (Å²) in [5.74, 6) is -0.259. The van der Waals surface area contributed by atoms with Gasteiger partial charge in [0.1, 0.15) is 10.1 Å². The summed E-state index contributed by atoms with van der Waals surface area (Å²) in [7, 11) is -4.26. The third-order valence-corrected chi connectivity index (χ3v) is 3.97. The topological polar surface area (TPSA) is 88.7 Å². The molecule has 0 aromatic rings. The zero-order valence-electron chi connectivity index (χ0n) is 8.52. The average molecular weight is 228 g/mol. The summed E-state index contributed by atoms with van der Waals surface area (Å²) in [4.78, 5) is 0. The standard InChI is InChI=1S/C8H12O3S.Na.H2O/c1-7-5-3-4-6-8(7,2)12(9,10)11;;/h3-7H,1-2H3,(H,9,10,11);;1H2/q;+1;/p-1. The van der Waals surface area contributed by atoms with E-state index >= 15 is 0 Å². The summed E-state index contributed by atoms with van der Waals surface area (Å²) < 4.78 is 31.4. The van der Waals surface area contributed by atoms with Gasteiger partial charge >= 0.3 is 29.6 Å². The Morgan fingerprint density at radius 1 is 1.36 bits per heavy atom. The predicted molar refractivity (Wildman–Crippen MR) is 49.2 cm³/mol. The molecule has 1 aliphatic carbocycles. The number of hydrogen-bond acceptors (Lipinski definition) is 3. The number of allylic oxidation sites excluding steroid dienone is 3. The minimum Gasteiger partial charge on any atom is -0.747 e. The summed E-state index contributed by atoms with van der Waals surface area (Å²) in [6, 6.07) is 0. The van der Waals surface area contributed by atoms with E-state index in [1.807, 2.05) is 0 Å². The van der Waals surface area contributed by atoms with Crippen molar-refractivity contribution in [2.75, 3.05) is 0 Å². The minimum absolute atomic E-state index is 0. The molecule has 0 fully saturated rings. The summed E-state index contributed by atoms with van der Waals surface area (Å²) in [6.07, 6.45) is 6.50. The zero-order chi connectivity index (χ0) is 9.41. The largest absolute Gasteiger partial charge is 1.00 e. The molecule has 6 heteroatoms. The van der Waals surface area contributed by atoms with Gasteiger partial charge in [-0.05, 0) is 12.8 Å². The molecule has 1 rings (SSSR count). The first-order chi connectivity index (χ1) is 5.38. The monoisotopic (exact) mass is 228 g/mol. The third-order valence-electron chi connectivity index (χ3n) is 2.38. The summed E-state index contributed by atoms with van der Waals surface area (Å²) in [6.45, 7) is 3.16. The maximum absolute atomic E-state index is 10.9. The maximum Gasteiger partial charge on any atom is 1.00 e. The van der Waals surface area contributed by atoms with Crippen LogP contribution in [0.2, 0.25) is 0 Å². The van der Waals surface area contributed by atoms with Crippen molar-refractivity contribution in [3.05, 3.63) is 24.3 Å². The van der Waals surface area contributed by atoms with E-state index < -0.39 is 14.9 Å². The van der Waals surface area contributed by atoms with Crippen molar-refractivity contribution in [2.24, 2.45) is 5.92 Å². The summed E-state index contributed by atoms with van der Waals surface area (Å²) in [5.41, 5.74) is 0. The average Bonchev–Trinajstić information content (AvgIpc) is 1.93. The van der Waals surface area contributed by atoms with Crippen molar-refractivity contribution in [2.45, 2.75) is 18.6 Å². The van der Waals surface area contributed by atoms with Crippen molar-refractivity contribution in [3.8, 4) is 0 Å². The molecule has 0 saturated carbocycles. The van der Waals surface area contributed by atoms with Gasteiger partial charge in [-0.1, -0.05) is 31.2 Å². The molecule has 0 heterocycles. The van der Waals surface area contributed by atoms with E-state index in [9.17, 15) is 13.0 Å². The van der Waals surface area contributed by atoms with Crippen LogP contribution in [0, 0.1) is 5.92 Å². The van der Waals surface area contributed by atoms with Crippen LogP contribution in [0.1, 0.15) is 13.8 Å². The van der Waals surface area contributed by atoms with Gasteiger partial charge in [-0.15, -0.1) is 0 Å². The smallest absolute Gasteiger partial charge is 0.747 e. The Labute approximate surface area is 106 Å². The van der Waals surface area contributed by atoms with Crippen molar-refractivity contribution in [1.29, 1.82) is 0 Å². The molecule has 1 aliphatic rings. The van der Waals surface area contributed by atoms with E-state index in [0.29, 0.717) is 0 Å². The van der Waals surface area contributed by atoms with Crippen molar-refractivity contribution in [3.63, 3.8) is 0 Å².